The highest BCUT2D eigenvalue weighted by Crippen LogP contribution is 2.25. The van der Waals surface area contributed by atoms with E-state index in [1.165, 1.54) is 57.8 Å². The largest absolute Gasteiger partial charge is 0.468 e. The van der Waals surface area contributed by atoms with E-state index in [4.69, 9.17) is 10.2 Å². The fourth-order valence-corrected chi connectivity index (χ4v) is 3.96. The minimum Gasteiger partial charge on any atom is -0.468 e. The first kappa shape index (κ1) is 20.6. The zero-order chi connectivity index (χ0) is 16.6. The summed E-state index contributed by atoms with van der Waals surface area (Å²) < 4.78 is 5.68. The fraction of sp³-hybridized carbons (Fsp3) is 0.737. The molecule has 0 radical (unpaired) electrons. The fourth-order valence-electron chi connectivity index (χ4n) is 3.96. The van der Waals surface area contributed by atoms with Gasteiger partial charge in [0.15, 0.2) is 5.96 Å². The van der Waals surface area contributed by atoms with E-state index >= 15 is 0 Å². The summed E-state index contributed by atoms with van der Waals surface area (Å²) in [6.07, 6.45) is 13.3. The molecule has 3 rings (SSSR count). The van der Waals surface area contributed by atoms with Crippen LogP contribution in [0, 0.1) is 0 Å². The molecule has 1 aromatic heterocycles. The average molecular weight is 460 g/mol. The molecule has 6 heteroatoms. The summed E-state index contributed by atoms with van der Waals surface area (Å²) in [6, 6.07) is 4.72. The van der Waals surface area contributed by atoms with Gasteiger partial charge in [0.2, 0.25) is 0 Å². The number of piperidine rings is 1. The van der Waals surface area contributed by atoms with Gasteiger partial charge in [-0.3, -0.25) is 9.89 Å². The molecule has 1 unspecified atom stereocenters. The summed E-state index contributed by atoms with van der Waals surface area (Å²) in [4.78, 5) is 7.15. The van der Waals surface area contributed by atoms with E-state index in [1.54, 1.807) is 6.26 Å². The molecule has 0 spiro atoms. The minimum absolute atomic E-state index is 0. The number of nitrogens with one attached hydrogen (secondary N) is 1. The number of nitrogens with two attached hydrogens (primary N) is 1. The second-order valence-electron chi connectivity index (χ2n) is 7.19. The minimum atomic E-state index is 0. The van der Waals surface area contributed by atoms with Crippen LogP contribution in [0.3, 0.4) is 0 Å². The Morgan fingerprint density at radius 2 is 1.84 bits per heavy atom. The third-order valence-electron chi connectivity index (χ3n) is 5.34. The van der Waals surface area contributed by atoms with Gasteiger partial charge in [-0.1, -0.05) is 32.1 Å². The maximum atomic E-state index is 6.18. The maximum absolute atomic E-state index is 6.18. The molecule has 1 saturated heterocycles. The van der Waals surface area contributed by atoms with Crippen LogP contribution in [0.4, 0.5) is 0 Å². The summed E-state index contributed by atoms with van der Waals surface area (Å²) >= 11 is 0. The molecule has 2 heterocycles. The van der Waals surface area contributed by atoms with Crippen molar-refractivity contribution in [2.75, 3.05) is 19.6 Å². The Hall–Kier alpha value is -0.760. The number of nitrogens with zero attached hydrogens (tertiary/aromatic N) is 2. The van der Waals surface area contributed by atoms with Gasteiger partial charge in [-0.15, -0.1) is 24.0 Å². The SMILES string of the molecule is I.NC(=NCC(c1ccco1)N1CCCCC1)NC1CCCCCC1. The lowest BCUT2D eigenvalue weighted by atomic mass is 10.1. The number of hydrogen-bond acceptors (Lipinski definition) is 3. The van der Waals surface area contributed by atoms with E-state index in [2.05, 4.69) is 21.3 Å². The molecule has 142 valence electrons. The van der Waals surface area contributed by atoms with Gasteiger partial charge in [-0.2, -0.15) is 0 Å². The standard InChI is InChI=1S/C19H32N4O.HI/c20-19(22-16-9-4-1-2-5-10-16)21-15-17(18-11-8-14-24-18)23-12-6-3-7-13-23;/h8,11,14,16-17H,1-7,9-10,12-13,15H2,(H3,20,21,22);1H. The molecule has 1 atom stereocenters. The Balaban J connectivity index is 0.00000225. The predicted molar refractivity (Wildman–Crippen MR) is 113 cm³/mol. The quantitative estimate of drug-likeness (QED) is 0.301. The predicted octanol–water partition coefficient (Wildman–Crippen LogP) is 4.05. The zero-order valence-corrected chi connectivity index (χ0v) is 17.5. The average Bonchev–Trinajstić information content (AvgIpc) is 3.01. The van der Waals surface area contributed by atoms with Crippen LogP contribution in [0.2, 0.25) is 0 Å². The van der Waals surface area contributed by atoms with Crippen LogP contribution in [0.25, 0.3) is 0 Å². The van der Waals surface area contributed by atoms with Crippen LogP contribution in [-0.2, 0) is 0 Å². The van der Waals surface area contributed by atoms with E-state index in [0.29, 0.717) is 18.5 Å². The highest BCUT2D eigenvalue weighted by atomic mass is 127. The number of hydrogen-bond donors (Lipinski definition) is 2. The molecule has 1 aliphatic carbocycles. The van der Waals surface area contributed by atoms with Crippen LogP contribution >= 0.6 is 24.0 Å². The molecule has 5 nitrogen and oxygen atoms in total. The molecule has 0 amide bonds. The molecule has 2 aliphatic rings. The van der Waals surface area contributed by atoms with E-state index in [-0.39, 0.29) is 30.0 Å². The van der Waals surface area contributed by atoms with Crippen LogP contribution in [0.15, 0.2) is 27.8 Å². The lowest BCUT2D eigenvalue weighted by molar-refractivity contribution is 0.150. The normalized spacial score (nSPS) is 22.0. The van der Waals surface area contributed by atoms with Crippen molar-refractivity contribution >= 4 is 29.9 Å². The smallest absolute Gasteiger partial charge is 0.188 e. The van der Waals surface area contributed by atoms with Crippen molar-refractivity contribution in [1.82, 2.24) is 10.2 Å². The van der Waals surface area contributed by atoms with Crippen LogP contribution in [-0.4, -0.2) is 36.5 Å². The summed E-state index contributed by atoms with van der Waals surface area (Å²) in [5, 5.41) is 3.44. The number of likely N-dealkylation sites (tertiary alicyclic amines) is 1. The molecular formula is C19H33IN4O. The van der Waals surface area contributed by atoms with E-state index in [1.807, 2.05) is 6.07 Å². The van der Waals surface area contributed by atoms with E-state index < -0.39 is 0 Å². The molecule has 1 saturated carbocycles. The Morgan fingerprint density at radius 3 is 2.48 bits per heavy atom. The second kappa shape index (κ2) is 11.1. The first-order valence-electron chi connectivity index (χ1n) is 9.67. The Morgan fingerprint density at radius 1 is 1.16 bits per heavy atom. The molecular weight excluding hydrogens is 427 g/mol. The van der Waals surface area contributed by atoms with Crippen LogP contribution in [0.1, 0.15) is 69.6 Å². The molecule has 0 aromatic carbocycles. The Bertz CT molecular complexity index is 492. The monoisotopic (exact) mass is 460 g/mol. The molecule has 1 aromatic rings. The van der Waals surface area contributed by atoms with Gasteiger partial charge in [-0.25, -0.2) is 0 Å². The highest BCUT2D eigenvalue weighted by Gasteiger charge is 2.24. The van der Waals surface area contributed by atoms with Gasteiger partial charge in [-0.05, 0) is 50.9 Å². The summed E-state index contributed by atoms with van der Waals surface area (Å²) in [5.41, 5.74) is 6.18. The van der Waals surface area contributed by atoms with Crippen LogP contribution in [0.5, 0.6) is 0 Å². The number of halogens is 1. The zero-order valence-electron chi connectivity index (χ0n) is 15.2. The second-order valence-corrected chi connectivity index (χ2v) is 7.19. The van der Waals surface area contributed by atoms with E-state index in [0.717, 1.165) is 18.8 Å². The van der Waals surface area contributed by atoms with E-state index in [9.17, 15) is 0 Å². The maximum Gasteiger partial charge on any atom is 0.188 e. The van der Waals surface area contributed by atoms with Crippen molar-refractivity contribution < 1.29 is 4.42 Å². The van der Waals surface area contributed by atoms with Gasteiger partial charge in [0.25, 0.3) is 0 Å². The van der Waals surface area contributed by atoms with Crippen molar-refractivity contribution in [3.05, 3.63) is 24.2 Å². The molecule has 1 aliphatic heterocycles. The summed E-state index contributed by atoms with van der Waals surface area (Å²) in [6.45, 7) is 2.91. The van der Waals surface area contributed by atoms with Gasteiger partial charge in [0.1, 0.15) is 5.76 Å². The summed E-state index contributed by atoms with van der Waals surface area (Å²) in [5.74, 6) is 1.60. The Kier molecular flexibility index (Phi) is 9.09. The number of guanidine groups is 1. The third-order valence-corrected chi connectivity index (χ3v) is 5.34. The van der Waals surface area contributed by atoms with Gasteiger partial charge in [0.05, 0.1) is 18.8 Å². The number of furan rings is 1. The molecule has 0 bridgehead atoms. The van der Waals surface area contributed by atoms with Gasteiger partial charge < -0.3 is 15.5 Å². The van der Waals surface area contributed by atoms with Gasteiger partial charge >= 0.3 is 0 Å². The van der Waals surface area contributed by atoms with Crippen molar-refractivity contribution in [2.24, 2.45) is 10.7 Å². The molecule has 2 fully saturated rings. The molecule has 3 N–H and O–H groups in total. The third kappa shape index (κ3) is 6.47. The first-order valence-corrected chi connectivity index (χ1v) is 9.67. The summed E-state index contributed by atoms with van der Waals surface area (Å²) in [7, 11) is 0. The first-order chi connectivity index (χ1) is 11.8. The lowest BCUT2D eigenvalue weighted by Gasteiger charge is -2.32. The van der Waals surface area contributed by atoms with Crippen molar-refractivity contribution in [3.8, 4) is 0 Å². The number of rotatable bonds is 5. The number of aliphatic imine (C=N–C) groups is 1. The van der Waals surface area contributed by atoms with Gasteiger partial charge in [0, 0.05) is 6.04 Å². The Labute approximate surface area is 168 Å². The van der Waals surface area contributed by atoms with Crippen LogP contribution < -0.4 is 11.1 Å². The molecule has 25 heavy (non-hydrogen) atoms. The topological polar surface area (TPSA) is 66.8 Å². The highest BCUT2D eigenvalue weighted by molar-refractivity contribution is 14.0. The lowest BCUT2D eigenvalue weighted by Crippen LogP contribution is -2.41. The van der Waals surface area contributed by atoms with Crippen molar-refractivity contribution in [3.63, 3.8) is 0 Å². The van der Waals surface area contributed by atoms with Crippen molar-refractivity contribution in [1.29, 1.82) is 0 Å². The van der Waals surface area contributed by atoms with Crippen molar-refractivity contribution in [2.45, 2.75) is 69.9 Å².